The highest BCUT2D eigenvalue weighted by Gasteiger charge is 2.32. The van der Waals surface area contributed by atoms with Gasteiger partial charge in [-0.2, -0.15) is 5.10 Å². The standard InChI is InChI=1S/C22H22N4O4S/c1-13-8-10-15(11-9-13)14(2)25-26-22-24-20(28)18(31-22)12-19(27)23-17-7-5-4-6-16(17)21(29)30-3/h4-11,18H,12H2,1-3H3,(H,23,27)(H,24,26,28)/b25-14-/t18-/m0/s1. The van der Waals surface area contributed by atoms with Crippen molar-refractivity contribution in [3.8, 4) is 0 Å². The number of rotatable bonds is 6. The van der Waals surface area contributed by atoms with Crippen LogP contribution in [-0.2, 0) is 14.3 Å². The molecule has 0 aromatic heterocycles. The maximum atomic E-state index is 12.4. The van der Waals surface area contributed by atoms with Gasteiger partial charge in [0.25, 0.3) is 0 Å². The van der Waals surface area contributed by atoms with Crippen LogP contribution in [0.3, 0.4) is 0 Å². The van der Waals surface area contributed by atoms with Crippen LogP contribution in [0, 0.1) is 6.92 Å². The van der Waals surface area contributed by atoms with Gasteiger partial charge in [-0.15, -0.1) is 5.10 Å². The van der Waals surface area contributed by atoms with Gasteiger partial charge in [-0.05, 0) is 31.5 Å². The molecule has 9 heteroatoms. The summed E-state index contributed by atoms with van der Waals surface area (Å²) in [5, 5.41) is 13.3. The van der Waals surface area contributed by atoms with Crippen LogP contribution in [0.25, 0.3) is 0 Å². The average molecular weight is 439 g/mol. The molecule has 8 nitrogen and oxygen atoms in total. The molecule has 3 rings (SSSR count). The second-order valence-corrected chi connectivity index (χ2v) is 8.03. The van der Waals surface area contributed by atoms with Gasteiger partial charge >= 0.3 is 5.97 Å². The normalized spacial score (nSPS) is 17.4. The van der Waals surface area contributed by atoms with Crippen LogP contribution in [0.5, 0.6) is 0 Å². The van der Waals surface area contributed by atoms with Gasteiger partial charge in [-0.25, -0.2) is 4.79 Å². The Balaban J connectivity index is 1.62. The highest BCUT2D eigenvalue weighted by molar-refractivity contribution is 8.15. The quantitative estimate of drug-likeness (QED) is 0.409. The number of carbonyl (C=O) groups is 3. The molecular formula is C22H22N4O4S. The second kappa shape index (κ2) is 10.0. The SMILES string of the molecule is COC(=O)c1ccccc1NC(=O)C[C@@H]1S/C(=N/N=C(/C)c2ccc(C)cc2)NC1=O. The minimum Gasteiger partial charge on any atom is -0.465 e. The number of aryl methyl sites for hydroxylation is 1. The van der Waals surface area contributed by atoms with Gasteiger partial charge in [-0.3, -0.25) is 9.59 Å². The van der Waals surface area contributed by atoms with E-state index in [9.17, 15) is 14.4 Å². The molecule has 1 aliphatic heterocycles. The number of methoxy groups -OCH3 is 1. The summed E-state index contributed by atoms with van der Waals surface area (Å²) in [6, 6.07) is 14.4. The first kappa shape index (κ1) is 22.2. The topological polar surface area (TPSA) is 109 Å². The molecule has 2 aromatic carbocycles. The van der Waals surface area contributed by atoms with Gasteiger partial charge in [0, 0.05) is 6.42 Å². The predicted octanol–water partition coefficient (Wildman–Crippen LogP) is 3.12. The number of amidine groups is 1. The van der Waals surface area contributed by atoms with E-state index < -0.39 is 17.1 Å². The van der Waals surface area contributed by atoms with E-state index in [0.29, 0.717) is 16.6 Å². The molecule has 0 saturated carbocycles. The molecule has 0 radical (unpaired) electrons. The van der Waals surface area contributed by atoms with Crippen molar-refractivity contribution in [1.82, 2.24) is 5.32 Å². The third-order valence-electron chi connectivity index (χ3n) is 4.51. The fourth-order valence-electron chi connectivity index (χ4n) is 2.81. The van der Waals surface area contributed by atoms with E-state index in [2.05, 4.69) is 20.8 Å². The maximum Gasteiger partial charge on any atom is 0.339 e. The zero-order valence-corrected chi connectivity index (χ0v) is 18.2. The van der Waals surface area contributed by atoms with E-state index in [1.807, 2.05) is 38.1 Å². The third kappa shape index (κ3) is 5.79. The van der Waals surface area contributed by atoms with Gasteiger partial charge in [0.05, 0.1) is 24.1 Å². The van der Waals surface area contributed by atoms with Crippen molar-refractivity contribution in [2.24, 2.45) is 10.2 Å². The smallest absolute Gasteiger partial charge is 0.339 e. The molecule has 1 aliphatic rings. The lowest BCUT2D eigenvalue weighted by atomic mass is 10.1. The summed E-state index contributed by atoms with van der Waals surface area (Å²) in [6.07, 6.45) is -0.0777. The Kier molecular flexibility index (Phi) is 7.19. The van der Waals surface area contributed by atoms with Gasteiger partial charge < -0.3 is 15.4 Å². The monoisotopic (exact) mass is 438 g/mol. The first-order chi connectivity index (χ1) is 14.9. The van der Waals surface area contributed by atoms with Crippen molar-refractivity contribution in [3.05, 3.63) is 65.2 Å². The van der Waals surface area contributed by atoms with E-state index in [4.69, 9.17) is 4.74 Å². The van der Waals surface area contributed by atoms with Crippen molar-refractivity contribution in [1.29, 1.82) is 0 Å². The summed E-state index contributed by atoms with van der Waals surface area (Å²) in [4.78, 5) is 36.5. The summed E-state index contributed by atoms with van der Waals surface area (Å²) in [7, 11) is 1.27. The van der Waals surface area contributed by atoms with E-state index in [0.717, 1.165) is 22.9 Å². The number of ether oxygens (including phenoxy) is 1. The Bertz CT molecular complexity index is 1060. The molecule has 1 heterocycles. The second-order valence-electron chi connectivity index (χ2n) is 6.84. The molecule has 2 aromatic rings. The summed E-state index contributed by atoms with van der Waals surface area (Å²) in [5.74, 6) is -1.27. The Morgan fingerprint density at radius 2 is 1.87 bits per heavy atom. The van der Waals surface area contributed by atoms with Crippen LogP contribution in [0.15, 0.2) is 58.7 Å². The molecule has 1 saturated heterocycles. The first-order valence-electron chi connectivity index (χ1n) is 9.51. The lowest BCUT2D eigenvalue weighted by Gasteiger charge is -2.10. The number of amides is 2. The van der Waals surface area contributed by atoms with Crippen molar-refractivity contribution in [3.63, 3.8) is 0 Å². The maximum absolute atomic E-state index is 12.4. The Morgan fingerprint density at radius 3 is 2.58 bits per heavy atom. The van der Waals surface area contributed by atoms with E-state index in [1.165, 1.54) is 7.11 Å². The van der Waals surface area contributed by atoms with Crippen molar-refractivity contribution >= 4 is 46.1 Å². The molecular weight excluding hydrogens is 416 g/mol. The van der Waals surface area contributed by atoms with E-state index >= 15 is 0 Å². The minimum absolute atomic E-state index is 0.0777. The number of nitrogens with zero attached hydrogens (tertiary/aromatic N) is 2. The van der Waals surface area contributed by atoms with Crippen LogP contribution in [-0.4, -0.2) is 41.0 Å². The number of carbonyl (C=O) groups excluding carboxylic acids is 3. The molecule has 0 bridgehead atoms. The lowest BCUT2D eigenvalue weighted by Crippen LogP contribution is -2.28. The van der Waals surface area contributed by atoms with Crippen LogP contribution in [0.1, 0.15) is 34.8 Å². The number of thioether (sulfide) groups is 1. The highest BCUT2D eigenvalue weighted by Crippen LogP contribution is 2.24. The molecule has 31 heavy (non-hydrogen) atoms. The minimum atomic E-state index is -0.640. The van der Waals surface area contributed by atoms with Gasteiger partial charge in [0.2, 0.25) is 11.8 Å². The number of para-hydroxylation sites is 1. The zero-order valence-electron chi connectivity index (χ0n) is 17.3. The van der Waals surface area contributed by atoms with E-state index in [-0.39, 0.29) is 17.9 Å². The van der Waals surface area contributed by atoms with Crippen LogP contribution < -0.4 is 10.6 Å². The fourth-order valence-corrected chi connectivity index (χ4v) is 3.73. The van der Waals surface area contributed by atoms with Gasteiger partial charge in [0.1, 0.15) is 5.25 Å². The number of anilines is 1. The number of hydrogen-bond acceptors (Lipinski definition) is 7. The first-order valence-corrected chi connectivity index (χ1v) is 10.4. The van der Waals surface area contributed by atoms with Crippen LogP contribution >= 0.6 is 11.8 Å². The number of hydrogen-bond donors (Lipinski definition) is 2. The fraction of sp³-hybridized carbons (Fsp3) is 0.227. The Labute approximate surface area is 184 Å². The molecule has 1 fully saturated rings. The molecule has 0 unspecified atom stereocenters. The molecule has 0 spiro atoms. The number of esters is 1. The molecule has 160 valence electrons. The Hall–Kier alpha value is -3.46. The van der Waals surface area contributed by atoms with Gasteiger partial charge in [0.15, 0.2) is 5.17 Å². The predicted molar refractivity (Wildman–Crippen MR) is 121 cm³/mol. The zero-order chi connectivity index (χ0) is 22.4. The third-order valence-corrected chi connectivity index (χ3v) is 5.59. The molecule has 2 amide bonds. The number of nitrogens with one attached hydrogen (secondary N) is 2. The largest absolute Gasteiger partial charge is 0.465 e. The van der Waals surface area contributed by atoms with E-state index in [1.54, 1.807) is 24.3 Å². The number of benzene rings is 2. The highest BCUT2D eigenvalue weighted by atomic mass is 32.2. The molecule has 2 N–H and O–H groups in total. The van der Waals surface area contributed by atoms with Crippen molar-refractivity contribution < 1.29 is 19.1 Å². The van der Waals surface area contributed by atoms with Crippen LogP contribution in [0.4, 0.5) is 5.69 Å². The lowest BCUT2D eigenvalue weighted by molar-refractivity contribution is -0.122. The Morgan fingerprint density at radius 1 is 1.16 bits per heavy atom. The van der Waals surface area contributed by atoms with Crippen LogP contribution in [0.2, 0.25) is 0 Å². The summed E-state index contributed by atoms with van der Waals surface area (Å²) in [5.41, 5.74) is 3.37. The average Bonchev–Trinajstić information content (AvgIpc) is 3.11. The summed E-state index contributed by atoms with van der Waals surface area (Å²) in [6.45, 7) is 3.84. The van der Waals surface area contributed by atoms with Crippen molar-refractivity contribution in [2.75, 3.05) is 12.4 Å². The molecule has 0 aliphatic carbocycles. The van der Waals surface area contributed by atoms with Crippen molar-refractivity contribution in [2.45, 2.75) is 25.5 Å². The molecule has 1 atom stereocenters. The summed E-state index contributed by atoms with van der Waals surface area (Å²) >= 11 is 1.14. The summed E-state index contributed by atoms with van der Waals surface area (Å²) < 4.78 is 4.72. The van der Waals surface area contributed by atoms with Gasteiger partial charge in [-0.1, -0.05) is 53.7 Å².